The van der Waals surface area contributed by atoms with E-state index >= 15 is 0 Å². The molecule has 0 radical (unpaired) electrons. The van der Waals surface area contributed by atoms with Crippen molar-refractivity contribution in [2.24, 2.45) is 0 Å². The molecule has 1 saturated carbocycles. The molecule has 168 valence electrons. The summed E-state index contributed by atoms with van der Waals surface area (Å²) in [5.74, 6) is -1.08. The van der Waals surface area contributed by atoms with Crippen LogP contribution in [-0.4, -0.2) is 66.7 Å². The van der Waals surface area contributed by atoms with E-state index < -0.39 is 10.9 Å². The van der Waals surface area contributed by atoms with Crippen LogP contribution in [0.15, 0.2) is 30.3 Å². The largest absolute Gasteiger partial charge is 0.452 e. The summed E-state index contributed by atoms with van der Waals surface area (Å²) in [7, 11) is 0. The molecule has 9 nitrogen and oxygen atoms in total. The molecule has 9 heteroatoms. The van der Waals surface area contributed by atoms with Gasteiger partial charge in [-0.1, -0.05) is 31.4 Å². The van der Waals surface area contributed by atoms with Crippen molar-refractivity contribution < 1.29 is 24.0 Å². The molecule has 0 unspecified atom stereocenters. The Morgan fingerprint density at radius 1 is 1.19 bits per heavy atom. The first-order valence-electron chi connectivity index (χ1n) is 10.7. The van der Waals surface area contributed by atoms with Gasteiger partial charge in [-0.05, 0) is 25.0 Å². The molecule has 1 amide bonds. The Morgan fingerprint density at radius 3 is 2.61 bits per heavy atom. The summed E-state index contributed by atoms with van der Waals surface area (Å²) in [5, 5.41) is 13.9. The lowest BCUT2D eigenvalue weighted by atomic mass is 9.79. The number of para-hydroxylation sites is 1. The highest BCUT2D eigenvalue weighted by atomic mass is 16.6. The average Bonchev–Trinajstić information content (AvgIpc) is 2.81. The van der Waals surface area contributed by atoms with E-state index in [9.17, 15) is 19.7 Å². The molecule has 3 rings (SSSR count). The number of ether oxygens (including phenoxy) is 2. The minimum absolute atomic E-state index is 0.0617. The van der Waals surface area contributed by atoms with Crippen LogP contribution in [0.25, 0.3) is 6.08 Å². The van der Waals surface area contributed by atoms with E-state index in [0.717, 1.165) is 44.8 Å². The number of carbonyl (C=O) groups excluding carboxylic acids is 2. The van der Waals surface area contributed by atoms with Crippen LogP contribution < -0.4 is 5.32 Å². The molecule has 2 fully saturated rings. The van der Waals surface area contributed by atoms with Crippen LogP contribution >= 0.6 is 0 Å². The number of hydrogen-bond acceptors (Lipinski definition) is 7. The lowest BCUT2D eigenvalue weighted by Crippen LogP contribution is -2.59. The van der Waals surface area contributed by atoms with E-state index in [2.05, 4.69) is 10.2 Å². The Labute approximate surface area is 181 Å². The quantitative estimate of drug-likeness (QED) is 0.291. The number of amides is 1. The maximum Gasteiger partial charge on any atom is 0.331 e. The van der Waals surface area contributed by atoms with Crippen LogP contribution in [0.4, 0.5) is 5.69 Å². The minimum atomic E-state index is -0.728. The molecular formula is C22H29N3O6. The third kappa shape index (κ3) is 6.35. The number of nitrogens with one attached hydrogen (secondary N) is 1. The Morgan fingerprint density at radius 2 is 1.90 bits per heavy atom. The van der Waals surface area contributed by atoms with Gasteiger partial charge in [-0.15, -0.1) is 0 Å². The highest BCUT2D eigenvalue weighted by molar-refractivity contribution is 5.89. The number of rotatable bonds is 8. The standard InChI is InChI=1S/C22H29N3O6/c26-20(16-31-21(27)9-8-18-6-2-3-7-19(18)25(28)29)23-17-22(10-4-1-5-11-22)24-12-14-30-15-13-24/h2-3,6-9H,1,4-5,10-17H2,(H,23,26)/b9-8+. The maximum absolute atomic E-state index is 12.3. The molecule has 0 spiro atoms. The van der Waals surface area contributed by atoms with Gasteiger partial charge >= 0.3 is 5.97 Å². The molecule has 1 saturated heterocycles. The summed E-state index contributed by atoms with van der Waals surface area (Å²) in [6, 6.07) is 6.08. The van der Waals surface area contributed by atoms with Gasteiger partial charge in [0.15, 0.2) is 6.61 Å². The summed E-state index contributed by atoms with van der Waals surface area (Å²) < 4.78 is 10.5. The third-order valence-corrected chi connectivity index (χ3v) is 5.96. The smallest absolute Gasteiger partial charge is 0.331 e. The van der Waals surface area contributed by atoms with Gasteiger partial charge in [0.05, 0.1) is 23.7 Å². The number of nitrogens with zero attached hydrogens (tertiary/aromatic N) is 2. The zero-order valence-electron chi connectivity index (χ0n) is 17.6. The van der Waals surface area contributed by atoms with Gasteiger partial charge in [0.1, 0.15) is 0 Å². The summed E-state index contributed by atoms with van der Waals surface area (Å²) in [6.07, 6.45) is 7.96. The summed E-state index contributed by atoms with van der Waals surface area (Å²) in [5.41, 5.74) is 0.122. The summed E-state index contributed by atoms with van der Waals surface area (Å²) in [4.78, 5) is 37.1. The van der Waals surface area contributed by atoms with Crippen LogP contribution in [0, 0.1) is 10.1 Å². The Hall–Kier alpha value is -2.78. The number of carbonyl (C=O) groups is 2. The lowest BCUT2D eigenvalue weighted by Gasteiger charge is -2.48. The fourth-order valence-corrected chi connectivity index (χ4v) is 4.30. The molecule has 0 bridgehead atoms. The topological polar surface area (TPSA) is 111 Å². The van der Waals surface area contributed by atoms with Gasteiger partial charge in [-0.25, -0.2) is 4.79 Å². The molecule has 2 aliphatic rings. The highest BCUT2D eigenvalue weighted by Crippen LogP contribution is 2.33. The van der Waals surface area contributed by atoms with Crippen molar-refractivity contribution in [3.05, 3.63) is 46.0 Å². The first-order valence-corrected chi connectivity index (χ1v) is 10.7. The second-order valence-electron chi connectivity index (χ2n) is 7.92. The molecule has 1 aliphatic carbocycles. The van der Waals surface area contributed by atoms with E-state index in [1.54, 1.807) is 12.1 Å². The first kappa shape index (κ1) is 22.9. The monoisotopic (exact) mass is 431 g/mol. The predicted molar refractivity (Wildman–Crippen MR) is 114 cm³/mol. The zero-order chi connectivity index (χ0) is 22.1. The average molecular weight is 431 g/mol. The van der Waals surface area contributed by atoms with Crippen molar-refractivity contribution >= 4 is 23.6 Å². The molecule has 1 aromatic rings. The fourth-order valence-electron chi connectivity index (χ4n) is 4.30. The second-order valence-corrected chi connectivity index (χ2v) is 7.92. The number of nitro groups is 1. The van der Waals surface area contributed by atoms with Crippen molar-refractivity contribution in [1.29, 1.82) is 0 Å². The van der Waals surface area contributed by atoms with Gasteiger partial charge in [0.2, 0.25) is 0 Å². The number of nitro benzene ring substituents is 1. The van der Waals surface area contributed by atoms with Crippen molar-refractivity contribution in [2.75, 3.05) is 39.5 Å². The molecule has 1 aromatic carbocycles. The van der Waals surface area contributed by atoms with E-state index in [-0.39, 0.29) is 23.7 Å². The summed E-state index contributed by atoms with van der Waals surface area (Å²) >= 11 is 0. The van der Waals surface area contributed by atoms with Crippen molar-refractivity contribution in [2.45, 2.75) is 37.6 Å². The van der Waals surface area contributed by atoms with Crippen molar-refractivity contribution in [3.8, 4) is 0 Å². The number of esters is 1. The molecule has 1 heterocycles. The molecule has 1 N–H and O–H groups in total. The van der Waals surface area contributed by atoms with Gasteiger partial charge in [0, 0.05) is 37.3 Å². The predicted octanol–water partition coefficient (Wildman–Crippen LogP) is 2.30. The van der Waals surface area contributed by atoms with E-state index in [4.69, 9.17) is 9.47 Å². The van der Waals surface area contributed by atoms with E-state index in [1.807, 2.05) is 0 Å². The normalized spacial score (nSPS) is 19.1. The summed E-state index contributed by atoms with van der Waals surface area (Å²) in [6.45, 7) is 3.27. The van der Waals surface area contributed by atoms with Gasteiger partial charge in [-0.2, -0.15) is 0 Å². The third-order valence-electron chi connectivity index (χ3n) is 5.96. The Kier molecular flexibility index (Phi) is 8.13. The first-order chi connectivity index (χ1) is 15.0. The number of benzene rings is 1. The van der Waals surface area contributed by atoms with Crippen LogP contribution in [0.2, 0.25) is 0 Å². The molecule has 0 aromatic heterocycles. The Balaban J connectivity index is 1.49. The maximum atomic E-state index is 12.3. The van der Waals surface area contributed by atoms with E-state index in [1.165, 1.54) is 24.6 Å². The van der Waals surface area contributed by atoms with Crippen LogP contribution in [-0.2, 0) is 19.1 Å². The fraction of sp³-hybridized carbons (Fsp3) is 0.545. The lowest BCUT2D eigenvalue weighted by molar-refractivity contribution is -0.385. The zero-order valence-corrected chi connectivity index (χ0v) is 17.6. The molecular weight excluding hydrogens is 402 g/mol. The van der Waals surface area contributed by atoms with Crippen LogP contribution in [0.1, 0.15) is 37.7 Å². The number of morpholine rings is 1. The number of hydrogen-bond donors (Lipinski definition) is 1. The minimum Gasteiger partial charge on any atom is -0.452 e. The second kappa shape index (κ2) is 11.0. The molecule has 0 atom stereocenters. The molecule has 1 aliphatic heterocycles. The van der Waals surface area contributed by atoms with Crippen molar-refractivity contribution in [3.63, 3.8) is 0 Å². The van der Waals surface area contributed by atoms with Gasteiger partial charge in [-0.3, -0.25) is 19.8 Å². The van der Waals surface area contributed by atoms with Crippen molar-refractivity contribution in [1.82, 2.24) is 10.2 Å². The highest BCUT2D eigenvalue weighted by Gasteiger charge is 2.38. The SMILES string of the molecule is O=C(COC(=O)/C=C/c1ccccc1[N+](=O)[O-])NCC1(N2CCOCC2)CCCCC1. The molecule has 31 heavy (non-hydrogen) atoms. The Bertz CT molecular complexity index is 813. The van der Waals surface area contributed by atoms with E-state index in [0.29, 0.717) is 25.3 Å². The van der Waals surface area contributed by atoms with Gasteiger partial charge in [0.25, 0.3) is 11.6 Å². The van der Waals surface area contributed by atoms with Crippen LogP contribution in [0.3, 0.4) is 0 Å². The van der Waals surface area contributed by atoms with Crippen LogP contribution in [0.5, 0.6) is 0 Å². The van der Waals surface area contributed by atoms with Gasteiger partial charge < -0.3 is 14.8 Å².